The van der Waals surface area contributed by atoms with Crippen molar-refractivity contribution < 1.29 is 9.59 Å². The average Bonchev–Trinajstić information content (AvgIpc) is 3.47. The van der Waals surface area contributed by atoms with Crippen LogP contribution >= 0.6 is 0 Å². The summed E-state index contributed by atoms with van der Waals surface area (Å²) in [6.45, 7) is 8.76. The first-order valence-electron chi connectivity index (χ1n) is 11.2. The van der Waals surface area contributed by atoms with Crippen LogP contribution in [-0.4, -0.2) is 57.6 Å². The number of rotatable bonds is 11. The van der Waals surface area contributed by atoms with Crippen LogP contribution in [0.2, 0.25) is 0 Å². The Morgan fingerprint density at radius 2 is 0.971 bits per heavy atom. The van der Waals surface area contributed by atoms with Gasteiger partial charge in [0.2, 0.25) is 25.2 Å². The van der Waals surface area contributed by atoms with Crippen LogP contribution in [0.5, 0.6) is 0 Å². The minimum atomic E-state index is -0.131. The predicted octanol–water partition coefficient (Wildman–Crippen LogP) is 1.79. The van der Waals surface area contributed by atoms with Crippen molar-refractivity contribution in [2.45, 2.75) is 13.1 Å². The topological polar surface area (TPSA) is 71.2 Å². The van der Waals surface area contributed by atoms with Gasteiger partial charge in [-0.05, 0) is 11.1 Å². The third-order valence-electron chi connectivity index (χ3n) is 5.16. The van der Waals surface area contributed by atoms with E-state index in [0.29, 0.717) is 26.2 Å². The van der Waals surface area contributed by atoms with Crippen molar-refractivity contribution in [1.82, 2.24) is 30.2 Å². The van der Waals surface area contributed by atoms with Crippen LogP contribution < -0.4 is 10.6 Å². The summed E-state index contributed by atoms with van der Waals surface area (Å²) in [5.74, 6) is -0.262. The van der Waals surface area contributed by atoms with Gasteiger partial charge in [0.15, 0.2) is 0 Å². The fourth-order valence-electron chi connectivity index (χ4n) is 3.52. The molecule has 2 N–H and O–H groups in total. The monoisotopic (exact) mass is 456 g/mol. The molecule has 4 radical (unpaired) electrons. The normalized spacial score (nSPS) is 14.7. The van der Waals surface area contributed by atoms with Gasteiger partial charge >= 0.3 is 0 Å². The Morgan fingerprint density at radius 3 is 1.38 bits per heavy atom. The molecule has 4 rings (SSSR count). The molecule has 0 saturated carbocycles. The number of nitrogens with one attached hydrogen (secondary N) is 2. The predicted molar refractivity (Wildman–Crippen MR) is 128 cm³/mol. The lowest BCUT2D eigenvalue weighted by Gasteiger charge is -2.19. The molecule has 0 aromatic heterocycles. The number of benzene rings is 2. The van der Waals surface area contributed by atoms with Crippen molar-refractivity contribution in [3.63, 3.8) is 0 Å². The summed E-state index contributed by atoms with van der Waals surface area (Å²) in [4.78, 5) is 31.6. The van der Waals surface area contributed by atoms with E-state index >= 15 is 0 Å². The Bertz CT molecular complexity index is 913. The Hall–Kier alpha value is -3.94. The maximum absolute atomic E-state index is 12.2. The first kappa shape index (κ1) is 23.2. The van der Waals surface area contributed by atoms with E-state index in [1.807, 2.05) is 71.0 Å². The van der Waals surface area contributed by atoms with E-state index < -0.39 is 0 Å². The summed E-state index contributed by atoms with van der Waals surface area (Å²) in [5, 5.41) is 5.64. The molecule has 2 aliphatic rings. The second kappa shape index (κ2) is 11.8. The fourth-order valence-corrected chi connectivity index (χ4v) is 3.52. The number of hydrogen-bond acceptors (Lipinski definition) is 6. The molecular formula is C26H28N6O2. The molecular weight excluding hydrogens is 428 g/mol. The maximum Gasteiger partial charge on any atom is 0.239 e. The maximum atomic E-state index is 12.2. The zero-order valence-electron chi connectivity index (χ0n) is 18.9. The molecule has 174 valence electrons. The molecule has 2 heterocycles. The van der Waals surface area contributed by atoms with Gasteiger partial charge in [-0.2, -0.15) is 0 Å². The Morgan fingerprint density at radius 1 is 0.588 bits per heavy atom. The van der Waals surface area contributed by atoms with Gasteiger partial charge < -0.3 is 30.2 Å². The summed E-state index contributed by atoms with van der Waals surface area (Å²) in [6.07, 6.45) is 7.43. The molecule has 2 amide bonds. The van der Waals surface area contributed by atoms with Crippen molar-refractivity contribution in [3.8, 4) is 0 Å². The number of hydrogen-bond donors (Lipinski definition) is 2. The van der Waals surface area contributed by atoms with Crippen LogP contribution in [0.25, 0.3) is 0 Å². The summed E-state index contributed by atoms with van der Waals surface area (Å²) in [7, 11) is 0. The van der Waals surface area contributed by atoms with Gasteiger partial charge in [-0.15, -0.1) is 0 Å². The van der Waals surface area contributed by atoms with Gasteiger partial charge in [0.25, 0.3) is 0 Å². The highest BCUT2D eigenvalue weighted by molar-refractivity contribution is 5.79. The summed E-state index contributed by atoms with van der Waals surface area (Å²) in [6, 6.07) is 20.2. The third kappa shape index (κ3) is 7.30. The van der Waals surface area contributed by atoms with Gasteiger partial charge in [0, 0.05) is 51.0 Å². The first-order chi connectivity index (χ1) is 16.6. The molecule has 2 aromatic rings. The zero-order chi connectivity index (χ0) is 23.6. The van der Waals surface area contributed by atoms with Gasteiger partial charge in [-0.1, -0.05) is 60.7 Å². The largest absolute Gasteiger partial charge is 0.353 e. The molecule has 0 fully saturated rings. The third-order valence-corrected chi connectivity index (χ3v) is 5.16. The van der Waals surface area contributed by atoms with Gasteiger partial charge in [-0.3, -0.25) is 9.59 Å². The quantitative estimate of drug-likeness (QED) is 0.503. The molecule has 8 nitrogen and oxygen atoms in total. The minimum absolute atomic E-state index is 0.131. The van der Waals surface area contributed by atoms with E-state index in [0.717, 1.165) is 0 Å². The zero-order valence-corrected chi connectivity index (χ0v) is 18.9. The van der Waals surface area contributed by atoms with E-state index in [9.17, 15) is 9.59 Å². The minimum Gasteiger partial charge on any atom is -0.353 e. The molecule has 8 heteroatoms. The van der Waals surface area contributed by atoms with Gasteiger partial charge in [-0.25, -0.2) is 0 Å². The molecule has 0 atom stereocenters. The van der Waals surface area contributed by atoms with Crippen LogP contribution in [0, 0.1) is 13.3 Å². The van der Waals surface area contributed by atoms with Crippen LogP contribution in [-0.2, 0) is 22.7 Å². The molecule has 0 spiro atoms. The van der Waals surface area contributed by atoms with E-state index in [1.54, 1.807) is 9.80 Å². The van der Waals surface area contributed by atoms with Crippen molar-refractivity contribution in [2.24, 2.45) is 0 Å². The van der Waals surface area contributed by atoms with E-state index in [-0.39, 0.29) is 24.9 Å². The van der Waals surface area contributed by atoms with Crippen molar-refractivity contribution in [3.05, 3.63) is 110 Å². The van der Waals surface area contributed by atoms with Crippen LogP contribution in [0.1, 0.15) is 11.1 Å². The average molecular weight is 457 g/mol. The second-order valence-electron chi connectivity index (χ2n) is 7.98. The van der Waals surface area contributed by atoms with Crippen molar-refractivity contribution in [1.29, 1.82) is 0 Å². The Labute approximate surface area is 201 Å². The standard InChI is InChI=1S/C26H28N6O2/c33-25(19-31-15-13-29(21-31)17-23-7-3-1-4-8-23)27-11-12-28-26(34)20-32-16-14-30(22-32)18-24-9-5-2-6-10-24/h1-10,13-16H,11-12,17-20H2,(H,27,33)(H,28,34). The van der Waals surface area contributed by atoms with Gasteiger partial charge in [0.1, 0.15) is 0 Å². The SMILES string of the molecule is O=C(CN1[C]N(Cc2ccccc2)C=C1)NCCNC(=O)CN1[C]N(Cc2ccccc2)C=C1. The van der Waals surface area contributed by atoms with E-state index in [2.05, 4.69) is 48.2 Å². The van der Waals surface area contributed by atoms with Gasteiger partial charge in [0.05, 0.1) is 13.1 Å². The summed E-state index contributed by atoms with van der Waals surface area (Å²) >= 11 is 0. The molecule has 34 heavy (non-hydrogen) atoms. The summed E-state index contributed by atoms with van der Waals surface area (Å²) in [5.41, 5.74) is 2.34. The van der Waals surface area contributed by atoms with E-state index in [4.69, 9.17) is 0 Å². The van der Waals surface area contributed by atoms with E-state index in [1.165, 1.54) is 11.1 Å². The van der Waals surface area contributed by atoms with Crippen molar-refractivity contribution in [2.75, 3.05) is 26.2 Å². The van der Waals surface area contributed by atoms with Crippen LogP contribution in [0.4, 0.5) is 0 Å². The Balaban J connectivity index is 1.05. The lowest BCUT2D eigenvalue weighted by atomic mass is 10.2. The number of amides is 2. The lowest BCUT2D eigenvalue weighted by Crippen LogP contribution is -2.41. The highest BCUT2D eigenvalue weighted by Crippen LogP contribution is 2.15. The van der Waals surface area contributed by atoms with Crippen LogP contribution in [0.3, 0.4) is 0 Å². The second-order valence-corrected chi connectivity index (χ2v) is 7.98. The molecule has 0 saturated heterocycles. The molecule has 0 aliphatic carbocycles. The number of nitrogens with zero attached hydrogens (tertiary/aromatic N) is 4. The first-order valence-corrected chi connectivity index (χ1v) is 11.2. The number of carbonyl (C=O) groups is 2. The molecule has 0 unspecified atom stereocenters. The molecule has 0 bridgehead atoms. The number of carbonyl (C=O) groups excluding carboxylic acids is 2. The lowest BCUT2D eigenvalue weighted by molar-refractivity contribution is -0.123. The highest BCUT2D eigenvalue weighted by atomic mass is 16.2. The molecule has 2 aromatic carbocycles. The highest BCUT2D eigenvalue weighted by Gasteiger charge is 2.19. The summed E-state index contributed by atoms with van der Waals surface area (Å²) < 4.78 is 0. The Kier molecular flexibility index (Phi) is 8.05. The molecule has 2 aliphatic heterocycles. The fraction of sp³-hybridized carbons (Fsp3) is 0.231. The van der Waals surface area contributed by atoms with Crippen LogP contribution in [0.15, 0.2) is 85.5 Å². The smallest absolute Gasteiger partial charge is 0.239 e. The van der Waals surface area contributed by atoms with Crippen molar-refractivity contribution >= 4 is 11.8 Å².